The molecule has 3 aliphatic rings. The molecule has 1 amide bonds. The van der Waals surface area contributed by atoms with Gasteiger partial charge in [0.2, 0.25) is 26.0 Å². The number of amidine groups is 1. The van der Waals surface area contributed by atoms with Gasteiger partial charge in [-0.25, -0.2) is 31.7 Å². The number of benzene rings is 1. The Kier molecular flexibility index (Phi) is 6.12. The van der Waals surface area contributed by atoms with Crippen molar-refractivity contribution in [3.05, 3.63) is 17.7 Å². The van der Waals surface area contributed by atoms with Crippen LogP contribution in [0.2, 0.25) is 0 Å². The van der Waals surface area contributed by atoms with Gasteiger partial charge in [-0.15, -0.1) is 5.11 Å². The molecule has 1 aromatic rings. The predicted molar refractivity (Wildman–Crippen MR) is 115 cm³/mol. The Morgan fingerprint density at radius 3 is 2.56 bits per heavy atom. The molecule has 3 heterocycles. The fourth-order valence-electron chi connectivity index (χ4n) is 4.00. The summed E-state index contributed by atoms with van der Waals surface area (Å²) in [6.45, 7) is 1.22. The molecule has 1 unspecified atom stereocenters. The van der Waals surface area contributed by atoms with E-state index in [4.69, 9.17) is 10.9 Å². The van der Waals surface area contributed by atoms with Crippen LogP contribution < -0.4 is 25.8 Å². The molecule has 13 nitrogen and oxygen atoms in total. The minimum atomic E-state index is -4.59. The van der Waals surface area contributed by atoms with Gasteiger partial charge >= 0.3 is 0 Å². The molecule has 0 aliphatic carbocycles. The van der Waals surface area contributed by atoms with E-state index in [0.717, 1.165) is 6.07 Å². The third-order valence-electron chi connectivity index (χ3n) is 5.48. The van der Waals surface area contributed by atoms with Crippen molar-refractivity contribution in [3.8, 4) is 0 Å². The molecular formula is C17H24N8O5S2. The van der Waals surface area contributed by atoms with Crippen LogP contribution in [-0.4, -0.2) is 67.0 Å². The van der Waals surface area contributed by atoms with E-state index in [-0.39, 0.29) is 48.7 Å². The molecule has 3 aliphatic heterocycles. The lowest BCUT2D eigenvalue weighted by atomic mass is 10.0. The summed E-state index contributed by atoms with van der Waals surface area (Å²) in [6, 6.07) is 1.80. The van der Waals surface area contributed by atoms with Crippen LogP contribution in [0.3, 0.4) is 0 Å². The van der Waals surface area contributed by atoms with Gasteiger partial charge in [-0.1, -0.05) is 0 Å². The predicted octanol–water partition coefficient (Wildman–Crippen LogP) is -1.40. The first-order valence-corrected chi connectivity index (χ1v) is 13.0. The molecule has 174 valence electrons. The lowest BCUT2D eigenvalue weighted by molar-refractivity contribution is -0.119. The van der Waals surface area contributed by atoms with E-state index in [1.54, 1.807) is 0 Å². The second kappa shape index (κ2) is 8.57. The van der Waals surface area contributed by atoms with Gasteiger partial charge in [0.05, 0.1) is 11.3 Å². The summed E-state index contributed by atoms with van der Waals surface area (Å²) in [7, 11) is -8.87. The molecule has 2 fully saturated rings. The number of azo groups is 1. The molecule has 0 radical (unpaired) electrons. The molecule has 2 saturated heterocycles. The largest absolute Gasteiger partial charge is 0.327 e. The van der Waals surface area contributed by atoms with E-state index in [0.29, 0.717) is 25.9 Å². The number of sulfonamides is 2. The first-order valence-electron chi connectivity index (χ1n) is 9.99. The smallest absolute Gasteiger partial charge is 0.242 e. The third kappa shape index (κ3) is 4.44. The molecule has 0 saturated carbocycles. The number of carbonyl (C=O) groups excluding carboxylic acids is 1. The highest BCUT2D eigenvalue weighted by atomic mass is 32.2. The quantitative estimate of drug-likeness (QED) is 0.380. The van der Waals surface area contributed by atoms with Crippen LogP contribution in [-0.2, 0) is 24.8 Å². The number of hydrogen-bond donors (Lipinski definition) is 4. The molecule has 6 N–H and O–H groups in total. The number of nitrogens with one attached hydrogen (secondary N) is 2. The fraction of sp³-hybridized carbons (Fsp3) is 0.529. The third-order valence-corrected chi connectivity index (χ3v) is 8.17. The minimum absolute atomic E-state index is 0.0549. The number of piperidine rings is 1. The summed E-state index contributed by atoms with van der Waals surface area (Å²) >= 11 is 0. The molecular weight excluding hydrogens is 460 g/mol. The SMILES string of the molecule is NC1CCN(c2ccc(S(=O)(=O)N[C@@H]3CCNC3)c(S(N)(=O)=O)c2C2=NCN=N2)C(=O)C1. The number of carbonyl (C=O) groups is 1. The number of nitrogens with zero attached hydrogens (tertiary/aromatic N) is 4. The van der Waals surface area contributed by atoms with Gasteiger partial charge in [0, 0.05) is 31.6 Å². The first-order chi connectivity index (χ1) is 15.1. The summed E-state index contributed by atoms with van der Waals surface area (Å²) < 4.78 is 54.3. The zero-order valence-electron chi connectivity index (χ0n) is 17.1. The Bertz CT molecular complexity index is 1210. The Morgan fingerprint density at radius 2 is 1.97 bits per heavy atom. The number of aliphatic imine (C=N–C) groups is 1. The van der Waals surface area contributed by atoms with Crippen molar-refractivity contribution in [2.45, 2.75) is 41.1 Å². The highest BCUT2D eigenvalue weighted by Crippen LogP contribution is 2.35. The second-order valence-electron chi connectivity index (χ2n) is 7.81. The van der Waals surface area contributed by atoms with Gasteiger partial charge in [-0.3, -0.25) is 4.79 Å². The normalized spacial score (nSPS) is 24.2. The van der Waals surface area contributed by atoms with E-state index in [9.17, 15) is 21.6 Å². The van der Waals surface area contributed by atoms with E-state index < -0.39 is 35.9 Å². The van der Waals surface area contributed by atoms with Crippen LogP contribution in [0, 0.1) is 0 Å². The lowest BCUT2D eigenvalue weighted by Crippen LogP contribution is -2.45. The molecule has 15 heteroatoms. The van der Waals surface area contributed by atoms with Gasteiger partial charge in [0.25, 0.3) is 0 Å². The highest BCUT2D eigenvalue weighted by Gasteiger charge is 2.36. The first kappa shape index (κ1) is 22.9. The standard InChI is InChI=1S/C17H24N8O5S2/c18-10-4-6-25(14(26)7-10)12-1-2-13(32(29,30)24-11-3-5-20-8-11)16(31(19,27)28)15(12)17-21-9-22-23-17/h1-2,10-11,20,24H,3-9,18H2,(H2,19,27,28)/t10?,11-/m1/s1. The van der Waals surface area contributed by atoms with Gasteiger partial charge in [0.1, 0.15) is 9.79 Å². The topological polar surface area (TPSA) is 202 Å². The number of rotatable bonds is 6. The number of primary sulfonamides is 1. The van der Waals surface area contributed by atoms with Crippen molar-refractivity contribution in [1.82, 2.24) is 10.0 Å². The average Bonchev–Trinajstić information content (AvgIpc) is 3.40. The second-order valence-corrected chi connectivity index (χ2v) is 11.0. The van der Waals surface area contributed by atoms with Crippen molar-refractivity contribution in [1.29, 1.82) is 0 Å². The summed E-state index contributed by atoms with van der Waals surface area (Å²) in [5.74, 6) is -0.432. The van der Waals surface area contributed by atoms with Crippen LogP contribution in [0.4, 0.5) is 5.69 Å². The van der Waals surface area contributed by atoms with Crippen LogP contribution >= 0.6 is 0 Å². The zero-order valence-corrected chi connectivity index (χ0v) is 18.7. The molecule has 2 atom stereocenters. The molecule has 32 heavy (non-hydrogen) atoms. The Morgan fingerprint density at radius 1 is 1.19 bits per heavy atom. The van der Waals surface area contributed by atoms with Gasteiger partial charge in [0.15, 0.2) is 12.5 Å². The van der Waals surface area contributed by atoms with E-state index >= 15 is 0 Å². The van der Waals surface area contributed by atoms with Crippen molar-refractivity contribution in [2.24, 2.45) is 26.1 Å². The molecule has 0 spiro atoms. The lowest BCUT2D eigenvalue weighted by Gasteiger charge is -2.32. The molecule has 1 aromatic carbocycles. The van der Waals surface area contributed by atoms with Crippen molar-refractivity contribution in [2.75, 3.05) is 31.2 Å². The van der Waals surface area contributed by atoms with Crippen molar-refractivity contribution < 1.29 is 21.6 Å². The Balaban J connectivity index is 1.92. The van der Waals surface area contributed by atoms with Crippen LogP contribution in [0.1, 0.15) is 24.8 Å². The minimum Gasteiger partial charge on any atom is -0.327 e. The molecule has 4 rings (SSSR count). The summed E-state index contributed by atoms with van der Waals surface area (Å²) in [6.07, 6.45) is 1.10. The fourth-order valence-corrected chi connectivity index (χ4v) is 6.86. The van der Waals surface area contributed by atoms with Gasteiger partial charge in [-0.2, -0.15) is 5.11 Å². The van der Waals surface area contributed by atoms with Crippen molar-refractivity contribution in [3.63, 3.8) is 0 Å². The summed E-state index contributed by atoms with van der Waals surface area (Å²) in [5.41, 5.74) is 5.85. The highest BCUT2D eigenvalue weighted by molar-refractivity contribution is 7.92. The van der Waals surface area contributed by atoms with Crippen LogP contribution in [0.25, 0.3) is 0 Å². The van der Waals surface area contributed by atoms with E-state index in [1.165, 1.54) is 11.0 Å². The zero-order chi connectivity index (χ0) is 23.1. The molecule has 0 bridgehead atoms. The Hall–Kier alpha value is -2.30. The van der Waals surface area contributed by atoms with Gasteiger partial charge in [-0.05, 0) is 31.5 Å². The van der Waals surface area contributed by atoms with E-state index in [1.807, 2.05) is 0 Å². The van der Waals surface area contributed by atoms with Crippen LogP contribution in [0.15, 0.2) is 37.1 Å². The maximum atomic E-state index is 13.2. The van der Waals surface area contributed by atoms with Crippen LogP contribution in [0.5, 0.6) is 0 Å². The number of anilines is 1. The summed E-state index contributed by atoms with van der Waals surface area (Å²) in [5, 5.41) is 16.2. The maximum Gasteiger partial charge on any atom is 0.242 e. The maximum absolute atomic E-state index is 13.2. The Labute approximate surface area is 185 Å². The number of hydrogen-bond acceptors (Lipinski definition) is 10. The van der Waals surface area contributed by atoms with E-state index in [2.05, 4.69) is 25.3 Å². The molecule has 0 aromatic heterocycles. The summed E-state index contributed by atoms with van der Waals surface area (Å²) in [4.78, 5) is 16.9. The number of nitrogens with two attached hydrogens (primary N) is 2. The van der Waals surface area contributed by atoms with Crippen molar-refractivity contribution >= 4 is 37.5 Å². The monoisotopic (exact) mass is 484 g/mol. The average molecular weight is 485 g/mol. The van der Waals surface area contributed by atoms with Gasteiger partial charge < -0.3 is 16.0 Å². The number of amides is 1.